The molecule has 0 unspecified atom stereocenters. The third-order valence-electron chi connectivity index (χ3n) is 5.61. The van der Waals surface area contributed by atoms with Crippen LogP contribution in [0.3, 0.4) is 0 Å². The molecule has 4 rings (SSSR count). The van der Waals surface area contributed by atoms with Gasteiger partial charge in [-0.2, -0.15) is 0 Å². The number of nitrogens with one attached hydrogen (secondary N) is 1. The summed E-state index contributed by atoms with van der Waals surface area (Å²) in [6.45, 7) is 2.63. The maximum Gasteiger partial charge on any atom is 0.265 e. The van der Waals surface area contributed by atoms with Gasteiger partial charge in [-0.15, -0.1) is 0 Å². The fraction of sp³-hybridized carbons (Fsp3) is 0.214. The molecule has 8 heteroatoms. The first-order valence-electron chi connectivity index (χ1n) is 11.4. The van der Waals surface area contributed by atoms with E-state index in [2.05, 4.69) is 5.32 Å². The van der Waals surface area contributed by atoms with E-state index in [-0.39, 0.29) is 18.4 Å². The zero-order chi connectivity index (χ0) is 25.5. The summed E-state index contributed by atoms with van der Waals surface area (Å²) in [4.78, 5) is 26.7. The lowest BCUT2D eigenvalue weighted by Gasteiger charge is -2.29. The normalized spacial score (nSPS) is 12.6. The Morgan fingerprint density at radius 2 is 1.81 bits per heavy atom. The molecule has 0 fully saturated rings. The third kappa shape index (κ3) is 5.96. The Morgan fingerprint density at radius 1 is 1.03 bits per heavy atom. The Labute approximate surface area is 210 Å². The van der Waals surface area contributed by atoms with Crippen molar-refractivity contribution in [2.75, 3.05) is 44.2 Å². The number of benzene rings is 3. The first-order valence-corrected chi connectivity index (χ1v) is 11.4. The Morgan fingerprint density at radius 3 is 2.56 bits per heavy atom. The van der Waals surface area contributed by atoms with Gasteiger partial charge in [0.05, 0.1) is 26.5 Å². The zero-order valence-corrected chi connectivity index (χ0v) is 20.4. The van der Waals surface area contributed by atoms with E-state index < -0.39 is 0 Å². The van der Waals surface area contributed by atoms with Gasteiger partial charge >= 0.3 is 0 Å². The van der Waals surface area contributed by atoms with Crippen LogP contribution >= 0.6 is 0 Å². The fourth-order valence-corrected chi connectivity index (χ4v) is 3.73. The summed E-state index contributed by atoms with van der Waals surface area (Å²) in [5.41, 5.74) is 3.05. The molecule has 0 spiro atoms. The molecule has 186 valence electrons. The number of rotatable bonds is 9. The molecule has 3 aromatic carbocycles. The summed E-state index contributed by atoms with van der Waals surface area (Å²) in [6.07, 6.45) is 3.10. The molecule has 1 aliphatic rings. The van der Waals surface area contributed by atoms with Crippen LogP contribution in [0.5, 0.6) is 23.0 Å². The monoisotopic (exact) mass is 488 g/mol. The average Bonchev–Trinajstić information content (AvgIpc) is 2.89. The highest BCUT2D eigenvalue weighted by atomic mass is 16.5. The van der Waals surface area contributed by atoms with Crippen molar-refractivity contribution in [3.05, 3.63) is 77.9 Å². The van der Waals surface area contributed by atoms with E-state index in [1.54, 1.807) is 55.5 Å². The summed E-state index contributed by atoms with van der Waals surface area (Å²) in [7, 11) is 3.12. The molecule has 0 aromatic heterocycles. The molecule has 0 aliphatic carbocycles. The molecule has 0 saturated heterocycles. The van der Waals surface area contributed by atoms with E-state index in [4.69, 9.17) is 18.9 Å². The number of anilines is 2. The maximum atomic E-state index is 12.6. The molecule has 0 radical (unpaired) electrons. The van der Waals surface area contributed by atoms with Gasteiger partial charge < -0.3 is 29.2 Å². The predicted molar refractivity (Wildman–Crippen MR) is 138 cm³/mol. The minimum atomic E-state index is -0.318. The van der Waals surface area contributed by atoms with E-state index in [1.807, 2.05) is 37.3 Å². The summed E-state index contributed by atoms with van der Waals surface area (Å²) < 4.78 is 21.9. The molecule has 0 bridgehead atoms. The van der Waals surface area contributed by atoms with Crippen LogP contribution in [0, 0.1) is 6.92 Å². The van der Waals surface area contributed by atoms with E-state index in [0.29, 0.717) is 41.8 Å². The van der Waals surface area contributed by atoms with Crippen molar-refractivity contribution < 1.29 is 28.5 Å². The summed E-state index contributed by atoms with van der Waals surface area (Å²) in [5, 5.41) is 2.83. The van der Waals surface area contributed by atoms with Crippen molar-refractivity contribution in [2.45, 2.75) is 6.92 Å². The van der Waals surface area contributed by atoms with Gasteiger partial charge in [0.25, 0.3) is 5.91 Å². The zero-order valence-electron chi connectivity index (χ0n) is 20.4. The van der Waals surface area contributed by atoms with Crippen LogP contribution in [0.4, 0.5) is 11.4 Å². The second-order valence-electron chi connectivity index (χ2n) is 8.12. The number of fused-ring (bicyclic) bond motifs is 1. The molecule has 36 heavy (non-hydrogen) atoms. The van der Waals surface area contributed by atoms with Crippen molar-refractivity contribution in [1.29, 1.82) is 0 Å². The number of amides is 2. The number of aryl methyl sites for hydroxylation is 1. The van der Waals surface area contributed by atoms with E-state index in [1.165, 1.54) is 6.08 Å². The van der Waals surface area contributed by atoms with E-state index in [0.717, 1.165) is 16.9 Å². The SMILES string of the molecule is COc1ccc(/C=C/C(=O)Nc2ccc3c(c2)N(CCOc2ccc(C)cc2)C(=O)CO3)cc1OC. The van der Waals surface area contributed by atoms with E-state index in [9.17, 15) is 9.59 Å². The number of carbonyl (C=O) groups is 2. The Hall–Kier alpha value is -4.46. The van der Waals surface area contributed by atoms with Gasteiger partial charge in [-0.3, -0.25) is 9.59 Å². The van der Waals surface area contributed by atoms with Gasteiger partial charge in [0.1, 0.15) is 18.1 Å². The predicted octanol–water partition coefficient (Wildman–Crippen LogP) is 4.47. The van der Waals surface area contributed by atoms with Crippen molar-refractivity contribution in [3.63, 3.8) is 0 Å². The van der Waals surface area contributed by atoms with Crippen molar-refractivity contribution in [3.8, 4) is 23.0 Å². The molecule has 2 amide bonds. The van der Waals surface area contributed by atoms with Crippen LogP contribution in [0.2, 0.25) is 0 Å². The number of carbonyl (C=O) groups excluding carboxylic acids is 2. The summed E-state index contributed by atoms with van der Waals surface area (Å²) in [5.74, 6) is 2.01. The highest BCUT2D eigenvalue weighted by molar-refractivity contribution is 6.03. The van der Waals surface area contributed by atoms with Crippen LogP contribution in [0.1, 0.15) is 11.1 Å². The quantitative estimate of drug-likeness (QED) is 0.448. The molecular weight excluding hydrogens is 460 g/mol. The fourth-order valence-electron chi connectivity index (χ4n) is 3.73. The molecule has 1 N–H and O–H groups in total. The van der Waals surface area contributed by atoms with Crippen molar-refractivity contribution in [2.24, 2.45) is 0 Å². The molecule has 1 aliphatic heterocycles. The molecule has 8 nitrogen and oxygen atoms in total. The minimum absolute atomic E-state index is 0.0443. The van der Waals surface area contributed by atoms with Crippen LogP contribution < -0.4 is 29.2 Å². The standard InChI is InChI=1S/C28H28N2O6/c1-19-4-9-22(10-5-19)35-15-14-30-23-17-21(8-12-24(23)36-18-28(30)32)29-27(31)13-7-20-6-11-25(33-2)26(16-20)34-3/h4-13,16-17H,14-15,18H2,1-3H3,(H,29,31)/b13-7+. The topological polar surface area (TPSA) is 86.3 Å². The molecule has 0 atom stereocenters. The van der Waals surface area contributed by atoms with Crippen molar-refractivity contribution >= 4 is 29.3 Å². The Bertz CT molecular complexity index is 1270. The first kappa shape index (κ1) is 24.7. The minimum Gasteiger partial charge on any atom is -0.493 e. The first-order chi connectivity index (χ1) is 17.5. The van der Waals surface area contributed by atoms with Gasteiger partial charge in [-0.25, -0.2) is 0 Å². The lowest BCUT2D eigenvalue weighted by atomic mass is 10.2. The van der Waals surface area contributed by atoms with Gasteiger partial charge in [0, 0.05) is 11.8 Å². The van der Waals surface area contributed by atoms with Crippen LogP contribution in [-0.4, -0.2) is 45.8 Å². The smallest absolute Gasteiger partial charge is 0.265 e. The number of methoxy groups -OCH3 is 2. The van der Waals surface area contributed by atoms with Crippen LogP contribution in [0.25, 0.3) is 6.08 Å². The number of hydrogen-bond acceptors (Lipinski definition) is 6. The Balaban J connectivity index is 1.42. The number of ether oxygens (including phenoxy) is 4. The maximum absolute atomic E-state index is 12.6. The lowest BCUT2D eigenvalue weighted by Crippen LogP contribution is -2.41. The third-order valence-corrected chi connectivity index (χ3v) is 5.61. The molecule has 0 saturated carbocycles. The van der Waals surface area contributed by atoms with Gasteiger partial charge in [0.15, 0.2) is 18.1 Å². The van der Waals surface area contributed by atoms with Crippen molar-refractivity contribution in [1.82, 2.24) is 0 Å². The van der Waals surface area contributed by atoms with Crippen LogP contribution in [-0.2, 0) is 9.59 Å². The molecule has 3 aromatic rings. The lowest BCUT2D eigenvalue weighted by molar-refractivity contribution is -0.121. The molecule has 1 heterocycles. The van der Waals surface area contributed by atoms with Crippen LogP contribution in [0.15, 0.2) is 66.7 Å². The van der Waals surface area contributed by atoms with Gasteiger partial charge in [-0.05, 0) is 61.0 Å². The van der Waals surface area contributed by atoms with Gasteiger partial charge in [-0.1, -0.05) is 23.8 Å². The van der Waals surface area contributed by atoms with E-state index >= 15 is 0 Å². The Kier molecular flexibility index (Phi) is 7.75. The highest BCUT2D eigenvalue weighted by Crippen LogP contribution is 2.34. The number of nitrogens with zero attached hydrogens (tertiary/aromatic N) is 1. The second kappa shape index (κ2) is 11.3. The largest absolute Gasteiger partial charge is 0.493 e. The second-order valence-corrected chi connectivity index (χ2v) is 8.12. The average molecular weight is 489 g/mol. The highest BCUT2D eigenvalue weighted by Gasteiger charge is 2.26. The summed E-state index contributed by atoms with van der Waals surface area (Å²) >= 11 is 0. The number of hydrogen-bond donors (Lipinski definition) is 1. The molecular formula is C28H28N2O6. The van der Waals surface area contributed by atoms with Gasteiger partial charge in [0.2, 0.25) is 5.91 Å². The summed E-state index contributed by atoms with van der Waals surface area (Å²) in [6, 6.07) is 18.3.